The van der Waals surface area contributed by atoms with Gasteiger partial charge in [-0.05, 0) is 31.4 Å². The number of para-hydroxylation sites is 1. The third-order valence-electron chi connectivity index (χ3n) is 4.24. The van der Waals surface area contributed by atoms with E-state index in [0.29, 0.717) is 19.3 Å². The van der Waals surface area contributed by atoms with E-state index < -0.39 is 15.4 Å². The predicted octanol–water partition coefficient (Wildman–Crippen LogP) is 1.79. The highest BCUT2D eigenvalue weighted by molar-refractivity contribution is 7.91. The number of benzene rings is 1. The number of rotatable bonds is 4. The second-order valence-corrected chi connectivity index (χ2v) is 8.49. The highest BCUT2D eigenvalue weighted by atomic mass is 32.2. The molecule has 1 aliphatic rings. The van der Waals surface area contributed by atoms with Gasteiger partial charge in [0, 0.05) is 23.5 Å². The van der Waals surface area contributed by atoms with Crippen molar-refractivity contribution in [3.63, 3.8) is 0 Å². The first-order chi connectivity index (χ1) is 10.4. The SMILES string of the molecule is CC1(NC(=O)CCc2c[nH]c3ccccc23)CCS(=O)(=O)C1. The minimum atomic E-state index is -3.01. The highest BCUT2D eigenvalue weighted by Gasteiger charge is 2.39. The monoisotopic (exact) mass is 320 g/mol. The third kappa shape index (κ3) is 3.16. The number of carbonyl (C=O) groups is 1. The average Bonchev–Trinajstić information content (AvgIpc) is 2.97. The van der Waals surface area contributed by atoms with Gasteiger partial charge in [-0.25, -0.2) is 8.42 Å². The van der Waals surface area contributed by atoms with Crippen molar-refractivity contribution in [3.05, 3.63) is 36.0 Å². The lowest BCUT2D eigenvalue weighted by Crippen LogP contribution is -2.46. The van der Waals surface area contributed by atoms with Crippen LogP contribution in [0.15, 0.2) is 30.5 Å². The van der Waals surface area contributed by atoms with Crippen molar-refractivity contribution in [2.75, 3.05) is 11.5 Å². The van der Waals surface area contributed by atoms with E-state index in [1.165, 1.54) is 0 Å². The lowest BCUT2D eigenvalue weighted by atomic mass is 10.0. The second-order valence-electron chi connectivity index (χ2n) is 6.31. The molecular formula is C16H20N2O3S. The summed E-state index contributed by atoms with van der Waals surface area (Å²) in [6.45, 7) is 1.81. The van der Waals surface area contributed by atoms with Gasteiger partial charge in [0.25, 0.3) is 0 Å². The molecule has 2 heterocycles. The Morgan fingerprint density at radius 3 is 2.86 bits per heavy atom. The number of fused-ring (bicyclic) bond motifs is 1. The van der Waals surface area contributed by atoms with E-state index in [2.05, 4.69) is 10.3 Å². The average molecular weight is 320 g/mol. The van der Waals surface area contributed by atoms with Crippen molar-refractivity contribution in [2.24, 2.45) is 0 Å². The molecule has 0 radical (unpaired) electrons. The van der Waals surface area contributed by atoms with Crippen LogP contribution in [0.3, 0.4) is 0 Å². The van der Waals surface area contributed by atoms with Crippen LogP contribution in [0.2, 0.25) is 0 Å². The Kier molecular flexibility index (Phi) is 3.72. The van der Waals surface area contributed by atoms with Gasteiger partial charge in [-0.2, -0.15) is 0 Å². The van der Waals surface area contributed by atoms with Crippen LogP contribution in [0.4, 0.5) is 0 Å². The van der Waals surface area contributed by atoms with Crippen LogP contribution in [0.25, 0.3) is 10.9 Å². The molecule has 2 N–H and O–H groups in total. The van der Waals surface area contributed by atoms with Crippen LogP contribution < -0.4 is 5.32 Å². The van der Waals surface area contributed by atoms with Gasteiger partial charge in [0.05, 0.1) is 17.0 Å². The summed E-state index contributed by atoms with van der Waals surface area (Å²) in [6, 6.07) is 7.98. The molecule has 3 rings (SSSR count). The molecular weight excluding hydrogens is 300 g/mol. The van der Waals surface area contributed by atoms with Crippen molar-refractivity contribution in [2.45, 2.75) is 31.7 Å². The molecule has 1 atom stereocenters. The van der Waals surface area contributed by atoms with E-state index in [4.69, 9.17) is 0 Å². The van der Waals surface area contributed by atoms with Crippen molar-refractivity contribution in [1.82, 2.24) is 10.3 Å². The number of H-pyrrole nitrogens is 1. The van der Waals surface area contributed by atoms with E-state index in [1.54, 1.807) is 6.92 Å². The van der Waals surface area contributed by atoms with Crippen molar-refractivity contribution in [1.29, 1.82) is 0 Å². The molecule has 22 heavy (non-hydrogen) atoms. The van der Waals surface area contributed by atoms with Crippen molar-refractivity contribution < 1.29 is 13.2 Å². The summed E-state index contributed by atoms with van der Waals surface area (Å²) in [5, 5.41) is 4.02. The van der Waals surface area contributed by atoms with Gasteiger partial charge in [0.1, 0.15) is 0 Å². The van der Waals surface area contributed by atoms with Gasteiger partial charge < -0.3 is 10.3 Å². The highest BCUT2D eigenvalue weighted by Crippen LogP contribution is 2.23. The number of carbonyl (C=O) groups excluding carboxylic acids is 1. The van der Waals surface area contributed by atoms with Gasteiger partial charge in [0.2, 0.25) is 5.91 Å². The Morgan fingerprint density at radius 1 is 1.36 bits per heavy atom. The fraction of sp³-hybridized carbons (Fsp3) is 0.438. The summed E-state index contributed by atoms with van der Waals surface area (Å²) in [5.41, 5.74) is 1.55. The van der Waals surface area contributed by atoms with Gasteiger partial charge in [-0.3, -0.25) is 4.79 Å². The summed E-state index contributed by atoms with van der Waals surface area (Å²) in [7, 11) is -3.01. The normalized spacial score (nSPS) is 23.7. The number of amides is 1. The number of hydrogen-bond acceptors (Lipinski definition) is 3. The first-order valence-corrected chi connectivity index (χ1v) is 9.26. The fourth-order valence-electron chi connectivity index (χ4n) is 3.09. The zero-order valence-electron chi connectivity index (χ0n) is 12.6. The summed E-state index contributed by atoms with van der Waals surface area (Å²) in [6.07, 6.45) is 3.42. The topological polar surface area (TPSA) is 79.0 Å². The molecule has 0 aliphatic carbocycles. The predicted molar refractivity (Wildman–Crippen MR) is 86.4 cm³/mol. The quantitative estimate of drug-likeness (QED) is 0.901. The maximum atomic E-state index is 12.1. The summed E-state index contributed by atoms with van der Waals surface area (Å²) >= 11 is 0. The van der Waals surface area contributed by atoms with Crippen LogP contribution in [0, 0.1) is 0 Å². The van der Waals surface area contributed by atoms with E-state index >= 15 is 0 Å². The number of aromatic amines is 1. The number of aryl methyl sites for hydroxylation is 1. The first kappa shape index (κ1) is 15.1. The Morgan fingerprint density at radius 2 is 2.14 bits per heavy atom. The van der Waals surface area contributed by atoms with Crippen molar-refractivity contribution in [3.8, 4) is 0 Å². The third-order valence-corrected chi connectivity index (χ3v) is 6.14. The van der Waals surface area contributed by atoms with Gasteiger partial charge in [-0.15, -0.1) is 0 Å². The van der Waals surface area contributed by atoms with E-state index in [0.717, 1.165) is 16.5 Å². The number of aromatic nitrogens is 1. The summed E-state index contributed by atoms with van der Waals surface area (Å²) < 4.78 is 23.1. The molecule has 1 aliphatic heterocycles. The number of nitrogens with one attached hydrogen (secondary N) is 2. The molecule has 118 valence electrons. The maximum absolute atomic E-state index is 12.1. The largest absolute Gasteiger partial charge is 0.361 e. The first-order valence-electron chi connectivity index (χ1n) is 7.43. The van der Waals surface area contributed by atoms with Crippen LogP contribution in [0.1, 0.15) is 25.3 Å². The van der Waals surface area contributed by atoms with Crippen LogP contribution >= 0.6 is 0 Å². The molecule has 1 fully saturated rings. The Bertz CT molecular complexity index is 810. The molecule has 0 saturated carbocycles. The zero-order chi connectivity index (χ0) is 15.8. The van der Waals surface area contributed by atoms with Crippen LogP contribution in [-0.4, -0.2) is 36.4 Å². The van der Waals surface area contributed by atoms with Crippen molar-refractivity contribution >= 4 is 26.6 Å². The Labute approximate surface area is 130 Å². The van der Waals surface area contributed by atoms with Gasteiger partial charge >= 0.3 is 0 Å². The Balaban J connectivity index is 1.61. The standard InChI is InChI=1S/C16H20N2O3S/c1-16(8-9-22(20,21)11-16)18-15(19)7-6-12-10-17-14-5-3-2-4-13(12)14/h2-5,10,17H,6-9,11H2,1H3,(H,18,19). The molecule has 1 saturated heterocycles. The molecule has 6 heteroatoms. The van der Waals surface area contributed by atoms with E-state index in [1.807, 2.05) is 30.5 Å². The molecule has 1 aromatic carbocycles. The lowest BCUT2D eigenvalue weighted by Gasteiger charge is -2.23. The van der Waals surface area contributed by atoms with Gasteiger partial charge in [-0.1, -0.05) is 18.2 Å². The molecule has 1 unspecified atom stereocenters. The molecule has 0 bridgehead atoms. The molecule has 1 aromatic heterocycles. The van der Waals surface area contributed by atoms with E-state index in [9.17, 15) is 13.2 Å². The summed E-state index contributed by atoms with van der Waals surface area (Å²) in [5.74, 6) is 0.107. The number of sulfone groups is 1. The summed E-state index contributed by atoms with van der Waals surface area (Å²) in [4.78, 5) is 15.3. The molecule has 5 nitrogen and oxygen atoms in total. The van der Waals surface area contributed by atoms with Crippen LogP contribution in [0.5, 0.6) is 0 Å². The maximum Gasteiger partial charge on any atom is 0.220 e. The second kappa shape index (κ2) is 5.43. The zero-order valence-corrected chi connectivity index (χ0v) is 13.4. The van der Waals surface area contributed by atoms with Gasteiger partial charge in [0.15, 0.2) is 9.84 Å². The minimum Gasteiger partial charge on any atom is -0.361 e. The molecule has 1 amide bonds. The lowest BCUT2D eigenvalue weighted by molar-refractivity contribution is -0.122. The molecule has 0 spiro atoms. The molecule has 2 aromatic rings. The fourth-order valence-corrected chi connectivity index (χ4v) is 5.19. The smallest absolute Gasteiger partial charge is 0.220 e. The Hall–Kier alpha value is -1.82. The van der Waals surface area contributed by atoms with Crippen LogP contribution in [-0.2, 0) is 21.1 Å². The minimum absolute atomic E-state index is 0.0405. The number of hydrogen-bond donors (Lipinski definition) is 2. The van der Waals surface area contributed by atoms with E-state index in [-0.39, 0.29) is 17.4 Å².